The second kappa shape index (κ2) is 7.43. The lowest BCUT2D eigenvalue weighted by atomic mass is 9.73. The summed E-state index contributed by atoms with van der Waals surface area (Å²) in [6, 6.07) is 12.0. The molecule has 1 atom stereocenters. The number of likely N-dealkylation sites (tertiary alicyclic amines) is 1. The minimum atomic E-state index is 0.131. The summed E-state index contributed by atoms with van der Waals surface area (Å²) in [5.41, 5.74) is 3.13. The summed E-state index contributed by atoms with van der Waals surface area (Å²) in [6.45, 7) is 3.40. The first-order valence-corrected chi connectivity index (χ1v) is 10.3. The standard InChI is InChI=1S/C23H25N5O/c29-22-6-10-23(17-28(22)15-18-7-11-24-12-8-18)9-3-13-27(16-23)21-14-25-19-4-1-2-5-20(19)26-21/h1-2,4-5,7-8,11-12,14H,3,6,9-10,13,15-17H2/t23-/m1/s1. The second-order valence-corrected chi connectivity index (χ2v) is 8.35. The first-order chi connectivity index (χ1) is 14.2. The molecule has 0 aliphatic carbocycles. The van der Waals surface area contributed by atoms with Gasteiger partial charge in [0.25, 0.3) is 0 Å². The maximum Gasteiger partial charge on any atom is 0.222 e. The smallest absolute Gasteiger partial charge is 0.222 e. The molecule has 6 heteroatoms. The Balaban J connectivity index is 1.36. The number of nitrogens with zero attached hydrogens (tertiary/aromatic N) is 5. The van der Waals surface area contributed by atoms with Crippen molar-refractivity contribution in [3.05, 3.63) is 60.6 Å². The number of carbonyl (C=O) groups excluding carboxylic acids is 1. The van der Waals surface area contributed by atoms with E-state index in [0.717, 1.165) is 61.3 Å². The Bertz CT molecular complexity index is 1020. The summed E-state index contributed by atoms with van der Waals surface area (Å²) in [4.78, 5) is 30.5. The zero-order chi connectivity index (χ0) is 19.7. The summed E-state index contributed by atoms with van der Waals surface area (Å²) in [5.74, 6) is 1.20. The van der Waals surface area contributed by atoms with Gasteiger partial charge in [-0.2, -0.15) is 0 Å². The van der Waals surface area contributed by atoms with E-state index in [-0.39, 0.29) is 11.3 Å². The van der Waals surface area contributed by atoms with Gasteiger partial charge in [0.1, 0.15) is 5.82 Å². The molecule has 148 valence electrons. The number of pyridine rings is 1. The number of rotatable bonds is 3. The lowest BCUT2D eigenvalue weighted by Crippen LogP contribution is -2.54. The Hall–Kier alpha value is -3.02. The molecule has 1 aromatic carbocycles. The van der Waals surface area contributed by atoms with E-state index < -0.39 is 0 Å². The van der Waals surface area contributed by atoms with E-state index in [1.807, 2.05) is 47.5 Å². The fraction of sp³-hybridized carbons (Fsp3) is 0.391. The Morgan fingerprint density at radius 1 is 1.00 bits per heavy atom. The summed E-state index contributed by atoms with van der Waals surface area (Å²) in [6.07, 6.45) is 9.33. The molecule has 3 aromatic rings. The molecule has 5 rings (SSSR count). The third-order valence-electron chi connectivity index (χ3n) is 6.29. The van der Waals surface area contributed by atoms with Crippen molar-refractivity contribution in [3.63, 3.8) is 0 Å². The van der Waals surface area contributed by atoms with Crippen LogP contribution in [0.3, 0.4) is 0 Å². The zero-order valence-corrected chi connectivity index (χ0v) is 16.5. The second-order valence-electron chi connectivity index (χ2n) is 8.35. The van der Waals surface area contributed by atoms with Gasteiger partial charge < -0.3 is 9.80 Å². The minimum absolute atomic E-state index is 0.131. The molecule has 0 bridgehead atoms. The highest BCUT2D eigenvalue weighted by molar-refractivity contribution is 5.77. The molecule has 0 unspecified atom stereocenters. The number of fused-ring (bicyclic) bond motifs is 1. The highest BCUT2D eigenvalue weighted by Crippen LogP contribution is 2.40. The van der Waals surface area contributed by atoms with Crippen LogP contribution in [0.15, 0.2) is 55.0 Å². The molecule has 2 aliphatic heterocycles. The average Bonchev–Trinajstić information content (AvgIpc) is 2.77. The lowest BCUT2D eigenvalue weighted by Gasteiger charge is -2.48. The number of hydrogen-bond donors (Lipinski definition) is 0. The highest BCUT2D eigenvalue weighted by atomic mass is 16.2. The van der Waals surface area contributed by atoms with Crippen LogP contribution < -0.4 is 4.90 Å². The number of benzene rings is 1. The van der Waals surface area contributed by atoms with E-state index in [1.165, 1.54) is 0 Å². The van der Waals surface area contributed by atoms with Crippen LogP contribution in [0, 0.1) is 5.41 Å². The van der Waals surface area contributed by atoms with Crippen molar-refractivity contribution >= 4 is 22.8 Å². The number of hydrogen-bond acceptors (Lipinski definition) is 5. The molecule has 29 heavy (non-hydrogen) atoms. The van der Waals surface area contributed by atoms with Crippen molar-refractivity contribution in [2.75, 3.05) is 24.5 Å². The molecule has 2 aliphatic rings. The van der Waals surface area contributed by atoms with Crippen molar-refractivity contribution in [1.29, 1.82) is 0 Å². The number of piperidine rings is 2. The lowest BCUT2D eigenvalue weighted by molar-refractivity contribution is -0.138. The van der Waals surface area contributed by atoms with E-state index in [2.05, 4.69) is 14.9 Å². The first-order valence-electron chi connectivity index (χ1n) is 10.3. The molecule has 1 spiro atoms. The quantitative estimate of drug-likeness (QED) is 0.689. The molecule has 2 saturated heterocycles. The SMILES string of the molecule is O=C1CC[C@@]2(CCCN(c3cnc4ccccc4n3)C2)CN1Cc1ccncc1. The number of carbonyl (C=O) groups is 1. The monoisotopic (exact) mass is 387 g/mol. The molecule has 0 saturated carbocycles. The van der Waals surface area contributed by atoms with Gasteiger partial charge in [0, 0.05) is 50.4 Å². The molecule has 0 N–H and O–H groups in total. The van der Waals surface area contributed by atoms with Gasteiger partial charge in [0.05, 0.1) is 17.2 Å². The maximum atomic E-state index is 12.6. The van der Waals surface area contributed by atoms with Crippen molar-refractivity contribution in [2.45, 2.75) is 32.2 Å². The summed E-state index contributed by atoms with van der Waals surface area (Å²) < 4.78 is 0. The zero-order valence-electron chi connectivity index (χ0n) is 16.5. The van der Waals surface area contributed by atoms with Crippen molar-refractivity contribution in [3.8, 4) is 0 Å². The van der Waals surface area contributed by atoms with Crippen LogP contribution >= 0.6 is 0 Å². The minimum Gasteiger partial charge on any atom is -0.355 e. The number of para-hydroxylation sites is 2. The fourth-order valence-corrected chi connectivity index (χ4v) is 4.79. The summed E-state index contributed by atoms with van der Waals surface area (Å²) in [5, 5.41) is 0. The Morgan fingerprint density at radius 3 is 2.69 bits per heavy atom. The van der Waals surface area contributed by atoms with Gasteiger partial charge in [0.2, 0.25) is 5.91 Å². The number of anilines is 1. The van der Waals surface area contributed by atoms with Gasteiger partial charge in [-0.25, -0.2) is 4.98 Å². The van der Waals surface area contributed by atoms with E-state index in [9.17, 15) is 4.79 Å². The van der Waals surface area contributed by atoms with Gasteiger partial charge in [0.15, 0.2) is 0 Å². The van der Waals surface area contributed by atoms with Crippen LogP contribution in [0.1, 0.15) is 31.2 Å². The van der Waals surface area contributed by atoms with Crippen LogP contribution in [-0.4, -0.2) is 45.4 Å². The maximum absolute atomic E-state index is 12.6. The molecular formula is C23H25N5O. The number of aromatic nitrogens is 3. The molecule has 4 heterocycles. The van der Waals surface area contributed by atoms with Crippen LogP contribution in [-0.2, 0) is 11.3 Å². The molecule has 6 nitrogen and oxygen atoms in total. The van der Waals surface area contributed by atoms with Crippen LogP contribution in [0.25, 0.3) is 11.0 Å². The van der Waals surface area contributed by atoms with Crippen LogP contribution in [0.5, 0.6) is 0 Å². The summed E-state index contributed by atoms with van der Waals surface area (Å²) >= 11 is 0. The van der Waals surface area contributed by atoms with E-state index >= 15 is 0 Å². The van der Waals surface area contributed by atoms with Gasteiger partial charge in [-0.3, -0.25) is 14.8 Å². The predicted molar refractivity (Wildman–Crippen MR) is 112 cm³/mol. The largest absolute Gasteiger partial charge is 0.355 e. The number of amides is 1. The third kappa shape index (κ3) is 3.67. The van der Waals surface area contributed by atoms with Gasteiger partial charge in [-0.15, -0.1) is 0 Å². The summed E-state index contributed by atoms with van der Waals surface area (Å²) in [7, 11) is 0. The topological polar surface area (TPSA) is 62.2 Å². The Morgan fingerprint density at radius 2 is 1.83 bits per heavy atom. The molecular weight excluding hydrogens is 362 g/mol. The molecule has 2 aromatic heterocycles. The Labute approximate surface area is 170 Å². The van der Waals surface area contributed by atoms with E-state index in [4.69, 9.17) is 4.98 Å². The van der Waals surface area contributed by atoms with Gasteiger partial charge in [-0.1, -0.05) is 12.1 Å². The van der Waals surface area contributed by atoms with Gasteiger partial charge >= 0.3 is 0 Å². The molecule has 2 fully saturated rings. The van der Waals surface area contributed by atoms with Gasteiger partial charge in [-0.05, 0) is 49.1 Å². The molecule has 1 amide bonds. The fourth-order valence-electron chi connectivity index (χ4n) is 4.79. The Kier molecular flexibility index (Phi) is 4.62. The van der Waals surface area contributed by atoms with Crippen molar-refractivity contribution < 1.29 is 4.79 Å². The van der Waals surface area contributed by atoms with Crippen molar-refractivity contribution in [1.82, 2.24) is 19.9 Å². The van der Waals surface area contributed by atoms with E-state index in [0.29, 0.717) is 13.0 Å². The average molecular weight is 387 g/mol. The predicted octanol–water partition coefficient (Wildman–Crippen LogP) is 3.43. The first kappa shape index (κ1) is 18.0. The van der Waals surface area contributed by atoms with Crippen LogP contribution in [0.2, 0.25) is 0 Å². The van der Waals surface area contributed by atoms with Crippen LogP contribution in [0.4, 0.5) is 5.82 Å². The highest BCUT2D eigenvalue weighted by Gasteiger charge is 2.42. The normalized spacial score (nSPS) is 22.4. The van der Waals surface area contributed by atoms with E-state index in [1.54, 1.807) is 12.4 Å². The van der Waals surface area contributed by atoms with Crippen molar-refractivity contribution in [2.24, 2.45) is 5.41 Å². The molecule has 0 radical (unpaired) electrons. The third-order valence-corrected chi connectivity index (χ3v) is 6.29.